The van der Waals surface area contributed by atoms with E-state index in [1.165, 1.54) is 24.4 Å². The Morgan fingerprint density at radius 1 is 1.12 bits per heavy atom. The van der Waals surface area contributed by atoms with Gasteiger partial charge in [0.25, 0.3) is 0 Å². The quantitative estimate of drug-likeness (QED) is 0.800. The van der Waals surface area contributed by atoms with E-state index >= 15 is 0 Å². The van der Waals surface area contributed by atoms with Crippen LogP contribution in [-0.4, -0.2) is 4.98 Å². The highest BCUT2D eigenvalue weighted by Gasteiger charge is 2.05. The first kappa shape index (κ1) is 11.2. The molecule has 0 saturated heterocycles. The van der Waals surface area contributed by atoms with E-state index < -0.39 is 5.82 Å². The Hall–Kier alpha value is -1.32. The van der Waals surface area contributed by atoms with Gasteiger partial charge >= 0.3 is 0 Å². The van der Waals surface area contributed by atoms with Gasteiger partial charge in [0, 0.05) is 12.3 Å². The average Bonchev–Trinajstić information content (AvgIpc) is 2.25. The first-order valence-electron chi connectivity index (χ1n) is 4.39. The van der Waals surface area contributed by atoms with E-state index in [0.717, 1.165) is 0 Å². The topological polar surface area (TPSA) is 22.1 Å². The number of pyridine rings is 1. The highest BCUT2D eigenvalue weighted by Crippen LogP contribution is 2.29. The molecule has 1 aromatic carbocycles. The van der Waals surface area contributed by atoms with Gasteiger partial charge in [-0.25, -0.2) is 9.37 Å². The van der Waals surface area contributed by atoms with Crippen molar-refractivity contribution < 1.29 is 9.13 Å². The maximum atomic E-state index is 12.8. The second-order valence-corrected chi connectivity index (χ2v) is 3.84. The van der Waals surface area contributed by atoms with Gasteiger partial charge in [0.2, 0.25) is 5.88 Å². The summed E-state index contributed by atoms with van der Waals surface area (Å²) in [6.45, 7) is 0. The molecule has 16 heavy (non-hydrogen) atoms. The summed E-state index contributed by atoms with van der Waals surface area (Å²) in [4.78, 5) is 3.93. The van der Waals surface area contributed by atoms with E-state index in [1.54, 1.807) is 12.1 Å². The summed E-state index contributed by atoms with van der Waals surface area (Å²) >= 11 is 11.5. The van der Waals surface area contributed by atoms with Crippen molar-refractivity contribution in [2.45, 2.75) is 0 Å². The highest BCUT2D eigenvalue weighted by molar-refractivity contribution is 6.32. The zero-order valence-electron chi connectivity index (χ0n) is 7.95. The van der Waals surface area contributed by atoms with Crippen LogP contribution in [0.2, 0.25) is 10.0 Å². The van der Waals surface area contributed by atoms with Gasteiger partial charge in [-0.05, 0) is 24.3 Å². The SMILES string of the molecule is Fc1ccc(Oc2ccc(Cl)cn2)c(Cl)c1. The summed E-state index contributed by atoms with van der Waals surface area (Å²) in [5, 5.41) is 0.703. The zero-order chi connectivity index (χ0) is 11.5. The van der Waals surface area contributed by atoms with Crippen molar-refractivity contribution >= 4 is 23.2 Å². The smallest absolute Gasteiger partial charge is 0.219 e. The molecule has 0 N–H and O–H groups in total. The summed E-state index contributed by atoms with van der Waals surface area (Å²) in [7, 11) is 0. The molecule has 0 aliphatic carbocycles. The van der Waals surface area contributed by atoms with Gasteiger partial charge in [-0.1, -0.05) is 23.2 Å². The van der Waals surface area contributed by atoms with Gasteiger partial charge in [0.05, 0.1) is 10.0 Å². The Labute approximate surface area is 102 Å². The molecule has 1 aromatic heterocycles. The summed E-state index contributed by atoms with van der Waals surface area (Å²) in [6, 6.07) is 7.11. The number of hydrogen-bond donors (Lipinski definition) is 0. The molecule has 0 bridgehead atoms. The molecule has 0 aliphatic rings. The van der Waals surface area contributed by atoms with Gasteiger partial charge < -0.3 is 4.74 Å². The van der Waals surface area contributed by atoms with Crippen LogP contribution in [0.5, 0.6) is 11.6 Å². The van der Waals surface area contributed by atoms with E-state index in [1.807, 2.05) is 0 Å². The molecule has 5 heteroatoms. The molecule has 0 aliphatic heterocycles. The van der Waals surface area contributed by atoms with E-state index in [0.29, 0.717) is 16.7 Å². The lowest BCUT2D eigenvalue weighted by Gasteiger charge is -2.06. The summed E-state index contributed by atoms with van der Waals surface area (Å²) in [5.74, 6) is 0.275. The first-order chi connectivity index (χ1) is 7.65. The van der Waals surface area contributed by atoms with Crippen molar-refractivity contribution in [3.8, 4) is 11.6 Å². The highest BCUT2D eigenvalue weighted by atomic mass is 35.5. The fourth-order valence-corrected chi connectivity index (χ4v) is 1.41. The third kappa shape index (κ3) is 2.62. The number of nitrogens with zero attached hydrogens (tertiary/aromatic N) is 1. The Morgan fingerprint density at radius 3 is 2.56 bits per heavy atom. The number of rotatable bonds is 2. The lowest BCUT2D eigenvalue weighted by atomic mass is 10.3. The Bertz CT molecular complexity index is 502. The molecule has 82 valence electrons. The van der Waals surface area contributed by atoms with E-state index in [9.17, 15) is 4.39 Å². The first-order valence-corrected chi connectivity index (χ1v) is 5.15. The molecule has 0 radical (unpaired) electrons. The lowest BCUT2D eigenvalue weighted by Crippen LogP contribution is -1.88. The third-order valence-electron chi connectivity index (χ3n) is 1.81. The molecule has 0 amide bonds. The van der Waals surface area contributed by atoms with Gasteiger partial charge in [0.15, 0.2) is 0 Å². The van der Waals surface area contributed by atoms with E-state index in [-0.39, 0.29) is 5.02 Å². The van der Waals surface area contributed by atoms with Gasteiger partial charge in [-0.15, -0.1) is 0 Å². The molecule has 2 rings (SSSR count). The number of hydrogen-bond acceptors (Lipinski definition) is 2. The summed E-state index contributed by atoms with van der Waals surface area (Å²) in [5.41, 5.74) is 0. The molecule has 0 saturated carbocycles. The van der Waals surface area contributed by atoms with Crippen molar-refractivity contribution in [1.82, 2.24) is 4.98 Å². The van der Waals surface area contributed by atoms with Crippen LogP contribution in [-0.2, 0) is 0 Å². The number of benzene rings is 1. The van der Waals surface area contributed by atoms with Crippen molar-refractivity contribution in [2.75, 3.05) is 0 Å². The fraction of sp³-hybridized carbons (Fsp3) is 0. The van der Waals surface area contributed by atoms with Crippen LogP contribution >= 0.6 is 23.2 Å². The number of halogens is 3. The normalized spacial score (nSPS) is 10.2. The molecular weight excluding hydrogens is 252 g/mol. The third-order valence-corrected chi connectivity index (χ3v) is 2.33. The van der Waals surface area contributed by atoms with Crippen LogP contribution in [0.25, 0.3) is 0 Å². The molecule has 2 nitrogen and oxygen atoms in total. The van der Waals surface area contributed by atoms with Crippen LogP contribution < -0.4 is 4.74 Å². The van der Waals surface area contributed by atoms with E-state index in [2.05, 4.69) is 4.98 Å². The average molecular weight is 258 g/mol. The largest absolute Gasteiger partial charge is 0.437 e. The maximum absolute atomic E-state index is 12.8. The Kier molecular flexibility index (Phi) is 3.27. The summed E-state index contributed by atoms with van der Waals surface area (Å²) in [6.07, 6.45) is 1.45. The monoisotopic (exact) mass is 257 g/mol. The Morgan fingerprint density at radius 2 is 1.94 bits per heavy atom. The molecule has 0 atom stereocenters. The van der Waals surface area contributed by atoms with Gasteiger partial charge in [0.1, 0.15) is 11.6 Å². The zero-order valence-corrected chi connectivity index (χ0v) is 9.47. The van der Waals surface area contributed by atoms with Crippen LogP contribution in [0.15, 0.2) is 36.5 Å². The molecule has 0 unspecified atom stereocenters. The summed E-state index contributed by atoms with van der Waals surface area (Å²) < 4.78 is 18.1. The van der Waals surface area contributed by atoms with Crippen molar-refractivity contribution in [3.63, 3.8) is 0 Å². The van der Waals surface area contributed by atoms with Crippen molar-refractivity contribution in [1.29, 1.82) is 0 Å². The minimum atomic E-state index is -0.415. The standard InChI is InChI=1S/C11H6Cl2FNO/c12-7-1-4-11(15-6-7)16-10-3-2-8(14)5-9(10)13/h1-6H. The molecule has 1 heterocycles. The fourth-order valence-electron chi connectivity index (χ4n) is 1.09. The number of ether oxygens (including phenoxy) is 1. The second-order valence-electron chi connectivity index (χ2n) is 2.99. The van der Waals surface area contributed by atoms with Crippen molar-refractivity contribution in [2.24, 2.45) is 0 Å². The maximum Gasteiger partial charge on any atom is 0.219 e. The van der Waals surface area contributed by atoms with Crippen molar-refractivity contribution in [3.05, 3.63) is 52.4 Å². The second kappa shape index (κ2) is 4.68. The lowest BCUT2D eigenvalue weighted by molar-refractivity contribution is 0.461. The minimum absolute atomic E-state index is 0.191. The van der Waals surface area contributed by atoms with Crippen LogP contribution in [0.1, 0.15) is 0 Å². The predicted octanol–water partition coefficient (Wildman–Crippen LogP) is 4.32. The van der Waals surface area contributed by atoms with Crippen LogP contribution in [0.3, 0.4) is 0 Å². The van der Waals surface area contributed by atoms with Crippen LogP contribution in [0, 0.1) is 5.82 Å². The Balaban J connectivity index is 2.23. The molecule has 0 spiro atoms. The molecule has 2 aromatic rings. The molecule has 0 fully saturated rings. The van der Waals surface area contributed by atoms with Gasteiger partial charge in [-0.2, -0.15) is 0 Å². The van der Waals surface area contributed by atoms with Gasteiger partial charge in [-0.3, -0.25) is 0 Å². The minimum Gasteiger partial charge on any atom is -0.437 e. The number of aromatic nitrogens is 1. The molecular formula is C11H6Cl2FNO. The van der Waals surface area contributed by atoms with E-state index in [4.69, 9.17) is 27.9 Å². The predicted molar refractivity (Wildman–Crippen MR) is 60.7 cm³/mol. The van der Waals surface area contributed by atoms with Crippen LogP contribution in [0.4, 0.5) is 4.39 Å².